The van der Waals surface area contributed by atoms with Crippen molar-refractivity contribution in [1.82, 2.24) is 4.90 Å². The quantitative estimate of drug-likeness (QED) is 0.571. The average molecular weight is 255 g/mol. The van der Waals surface area contributed by atoms with Crippen molar-refractivity contribution in [3.8, 4) is 0 Å². The van der Waals surface area contributed by atoms with Crippen LogP contribution in [0.5, 0.6) is 0 Å². The number of nitrogens with zero attached hydrogens (tertiary/aromatic N) is 1. The van der Waals surface area contributed by atoms with Gasteiger partial charge in [0.25, 0.3) is 0 Å². The first kappa shape index (κ1) is 15.0. The maximum atomic E-state index is 12.3. The van der Waals surface area contributed by atoms with E-state index in [-0.39, 0.29) is 23.7 Å². The minimum atomic E-state index is -0.255. The number of ether oxygens (including phenoxy) is 1. The molecule has 1 aliphatic carbocycles. The van der Waals surface area contributed by atoms with E-state index in [9.17, 15) is 9.59 Å². The predicted octanol–water partition coefficient (Wildman–Crippen LogP) is 2.22. The van der Waals surface area contributed by atoms with Crippen LogP contribution >= 0.6 is 0 Å². The Morgan fingerprint density at radius 1 is 1.22 bits per heavy atom. The number of methoxy groups -OCH3 is 1. The Bertz CT molecular complexity index is 283. The van der Waals surface area contributed by atoms with Gasteiger partial charge in [0.05, 0.1) is 13.0 Å². The van der Waals surface area contributed by atoms with Gasteiger partial charge in [-0.25, -0.2) is 0 Å². The summed E-state index contributed by atoms with van der Waals surface area (Å²) in [4.78, 5) is 25.3. The van der Waals surface area contributed by atoms with Crippen molar-refractivity contribution in [1.29, 1.82) is 0 Å². The molecular weight excluding hydrogens is 230 g/mol. The van der Waals surface area contributed by atoms with Crippen molar-refractivity contribution in [2.45, 2.75) is 45.4 Å². The monoisotopic (exact) mass is 255 g/mol. The summed E-state index contributed by atoms with van der Waals surface area (Å²) in [6.45, 7) is 2.24. The van der Waals surface area contributed by atoms with Crippen molar-refractivity contribution < 1.29 is 14.3 Å². The topological polar surface area (TPSA) is 46.6 Å². The zero-order valence-corrected chi connectivity index (χ0v) is 11.8. The summed E-state index contributed by atoms with van der Waals surface area (Å²) in [5.41, 5.74) is 0. The zero-order valence-electron chi connectivity index (χ0n) is 11.8. The van der Waals surface area contributed by atoms with Crippen molar-refractivity contribution >= 4 is 11.9 Å². The third-order valence-electron chi connectivity index (χ3n) is 3.73. The van der Waals surface area contributed by atoms with E-state index >= 15 is 0 Å². The Balaban J connectivity index is 2.46. The number of hydrogen-bond donors (Lipinski definition) is 0. The van der Waals surface area contributed by atoms with Gasteiger partial charge in [0.15, 0.2) is 0 Å². The second-order valence-corrected chi connectivity index (χ2v) is 5.33. The third-order valence-corrected chi connectivity index (χ3v) is 3.73. The van der Waals surface area contributed by atoms with Crippen LogP contribution in [0.25, 0.3) is 0 Å². The van der Waals surface area contributed by atoms with Gasteiger partial charge in [0.1, 0.15) is 0 Å². The molecule has 0 saturated heterocycles. The Hall–Kier alpha value is -1.06. The van der Waals surface area contributed by atoms with E-state index in [2.05, 4.69) is 4.74 Å². The molecule has 0 aromatic carbocycles. The standard InChI is InChI=1S/C14H25NO3/c1-11(14(17)18-3)10-15(2)13(16)12-8-6-4-5-7-9-12/h11-12H,4-10H2,1-3H3. The van der Waals surface area contributed by atoms with Gasteiger partial charge in [0.2, 0.25) is 5.91 Å². The molecule has 0 spiro atoms. The van der Waals surface area contributed by atoms with Gasteiger partial charge < -0.3 is 9.64 Å². The number of carbonyl (C=O) groups is 2. The summed E-state index contributed by atoms with van der Waals surface area (Å²) in [6, 6.07) is 0. The average Bonchev–Trinajstić information content (AvgIpc) is 2.65. The molecule has 18 heavy (non-hydrogen) atoms. The number of amides is 1. The number of esters is 1. The van der Waals surface area contributed by atoms with Crippen LogP contribution in [0.15, 0.2) is 0 Å². The second-order valence-electron chi connectivity index (χ2n) is 5.33. The van der Waals surface area contributed by atoms with E-state index in [0.29, 0.717) is 6.54 Å². The fraction of sp³-hybridized carbons (Fsp3) is 0.857. The van der Waals surface area contributed by atoms with Crippen LogP contribution < -0.4 is 0 Å². The van der Waals surface area contributed by atoms with Crippen LogP contribution in [0.1, 0.15) is 45.4 Å². The lowest BCUT2D eigenvalue weighted by molar-refractivity contribution is -0.146. The molecule has 0 N–H and O–H groups in total. The first-order chi connectivity index (χ1) is 8.56. The lowest BCUT2D eigenvalue weighted by Crippen LogP contribution is -2.37. The molecule has 0 aromatic heterocycles. The predicted molar refractivity (Wildman–Crippen MR) is 70.0 cm³/mol. The molecule has 0 heterocycles. The molecule has 0 bridgehead atoms. The van der Waals surface area contributed by atoms with Crippen LogP contribution in [-0.2, 0) is 14.3 Å². The first-order valence-corrected chi connectivity index (χ1v) is 6.89. The van der Waals surface area contributed by atoms with E-state index in [1.165, 1.54) is 20.0 Å². The van der Waals surface area contributed by atoms with E-state index < -0.39 is 0 Å². The van der Waals surface area contributed by atoms with Crippen molar-refractivity contribution in [2.75, 3.05) is 20.7 Å². The van der Waals surface area contributed by atoms with Crippen LogP contribution in [0, 0.1) is 11.8 Å². The minimum Gasteiger partial charge on any atom is -0.469 e. The van der Waals surface area contributed by atoms with E-state index in [1.807, 2.05) is 0 Å². The maximum Gasteiger partial charge on any atom is 0.310 e. The molecule has 1 unspecified atom stereocenters. The summed E-state index contributed by atoms with van der Waals surface area (Å²) in [5.74, 6) is -0.166. The third kappa shape index (κ3) is 4.31. The van der Waals surface area contributed by atoms with Gasteiger partial charge >= 0.3 is 5.97 Å². The normalized spacial score (nSPS) is 18.8. The molecule has 1 aliphatic rings. The molecule has 4 heteroatoms. The first-order valence-electron chi connectivity index (χ1n) is 6.89. The van der Waals surface area contributed by atoms with E-state index in [1.54, 1.807) is 18.9 Å². The van der Waals surface area contributed by atoms with Gasteiger partial charge in [-0.15, -0.1) is 0 Å². The minimum absolute atomic E-state index is 0.155. The van der Waals surface area contributed by atoms with Gasteiger partial charge in [-0.05, 0) is 12.8 Å². The van der Waals surface area contributed by atoms with E-state index in [4.69, 9.17) is 0 Å². The molecular formula is C14H25NO3. The Kier molecular flexibility index (Phi) is 6.16. The number of hydrogen-bond acceptors (Lipinski definition) is 3. The number of rotatable bonds is 4. The largest absolute Gasteiger partial charge is 0.469 e. The zero-order chi connectivity index (χ0) is 13.5. The molecule has 0 radical (unpaired) electrons. The van der Waals surface area contributed by atoms with E-state index in [0.717, 1.165) is 25.7 Å². The molecule has 1 atom stereocenters. The summed E-state index contributed by atoms with van der Waals surface area (Å²) in [6.07, 6.45) is 6.78. The van der Waals surface area contributed by atoms with Crippen LogP contribution in [0.3, 0.4) is 0 Å². The maximum absolute atomic E-state index is 12.3. The summed E-state index contributed by atoms with van der Waals surface area (Å²) in [5, 5.41) is 0. The van der Waals surface area contributed by atoms with Crippen molar-refractivity contribution in [3.05, 3.63) is 0 Å². The fourth-order valence-corrected chi connectivity index (χ4v) is 2.61. The Labute approximate surface area is 110 Å². The molecule has 1 rings (SSSR count). The molecule has 1 saturated carbocycles. The Morgan fingerprint density at radius 2 is 1.78 bits per heavy atom. The van der Waals surface area contributed by atoms with Crippen molar-refractivity contribution in [2.24, 2.45) is 11.8 Å². The highest BCUT2D eigenvalue weighted by Gasteiger charge is 2.25. The van der Waals surface area contributed by atoms with Gasteiger partial charge in [-0.3, -0.25) is 9.59 Å². The molecule has 1 amide bonds. The lowest BCUT2D eigenvalue weighted by Gasteiger charge is -2.24. The van der Waals surface area contributed by atoms with Gasteiger partial charge in [-0.1, -0.05) is 32.6 Å². The highest BCUT2D eigenvalue weighted by atomic mass is 16.5. The SMILES string of the molecule is COC(=O)C(C)CN(C)C(=O)C1CCCCCC1. The molecule has 4 nitrogen and oxygen atoms in total. The number of carbonyl (C=O) groups excluding carboxylic acids is 2. The summed E-state index contributed by atoms with van der Waals surface area (Å²) < 4.78 is 4.68. The van der Waals surface area contributed by atoms with Gasteiger partial charge in [0, 0.05) is 19.5 Å². The van der Waals surface area contributed by atoms with Crippen molar-refractivity contribution in [3.63, 3.8) is 0 Å². The van der Waals surface area contributed by atoms with Crippen LogP contribution in [0.4, 0.5) is 0 Å². The highest BCUT2D eigenvalue weighted by Crippen LogP contribution is 2.24. The fourth-order valence-electron chi connectivity index (χ4n) is 2.61. The van der Waals surface area contributed by atoms with Crippen LogP contribution in [0.2, 0.25) is 0 Å². The Morgan fingerprint density at radius 3 is 2.28 bits per heavy atom. The molecule has 0 aliphatic heterocycles. The highest BCUT2D eigenvalue weighted by molar-refractivity contribution is 5.79. The lowest BCUT2D eigenvalue weighted by atomic mass is 9.98. The molecule has 0 aromatic rings. The molecule has 104 valence electrons. The summed E-state index contributed by atoms with van der Waals surface area (Å²) in [7, 11) is 3.17. The van der Waals surface area contributed by atoms with Crippen LogP contribution in [-0.4, -0.2) is 37.5 Å². The molecule has 1 fully saturated rings. The summed E-state index contributed by atoms with van der Waals surface area (Å²) >= 11 is 0. The van der Waals surface area contributed by atoms with Gasteiger partial charge in [-0.2, -0.15) is 0 Å². The smallest absolute Gasteiger partial charge is 0.310 e. The second kappa shape index (κ2) is 7.39.